The summed E-state index contributed by atoms with van der Waals surface area (Å²) in [5.74, 6) is -0.628. The fraction of sp³-hybridized carbons (Fsp3) is 0.111. The Balaban J connectivity index is 2.20. The van der Waals surface area contributed by atoms with Gasteiger partial charge in [0.15, 0.2) is 0 Å². The SMILES string of the molecule is COc1c(C(=O)O)c(Cc2ccc(Cl)nc2)cc2ccccc12. The lowest BCUT2D eigenvalue weighted by Crippen LogP contribution is -2.07. The van der Waals surface area contributed by atoms with Crippen LogP contribution < -0.4 is 4.74 Å². The van der Waals surface area contributed by atoms with Gasteiger partial charge >= 0.3 is 5.97 Å². The van der Waals surface area contributed by atoms with Crippen LogP contribution in [0, 0.1) is 0 Å². The van der Waals surface area contributed by atoms with Crippen LogP contribution in [0.5, 0.6) is 5.75 Å². The first kappa shape index (κ1) is 15.3. The number of hydrogen-bond donors (Lipinski definition) is 1. The average molecular weight is 328 g/mol. The molecule has 0 bridgehead atoms. The first-order valence-electron chi connectivity index (χ1n) is 7.02. The van der Waals surface area contributed by atoms with E-state index in [0.717, 1.165) is 16.3 Å². The molecule has 0 saturated heterocycles. The van der Waals surface area contributed by atoms with E-state index in [0.29, 0.717) is 22.9 Å². The van der Waals surface area contributed by atoms with E-state index in [1.54, 1.807) is 12.3 Å². The van der Waals surface area contributed by atoms with E-state index < -0.39 is 5.97 Å². The van der Waals surface area contributed by atoms with Crippen LogP contribution in [0.1, 0.15) is 21.5 Å². The number of ether oxygens (including phenoxy) is 1. The van der Waals surface area contributed by atoms with Crippen molar-refractivity contribution in [2.75, 3.05) is 7.11 Å². The molecule has 5 heteroatoms. The Hall–Kier alpha value is -2.59. The number of halogens is 1. The summed E-state index contributed by atoms with van der Waals surface area (Å²) in [6, 6.07) is 13.0. The van der Waals surface area contributed by atoms with Crippen molar-refractivity contribution in [2.24, 2.45) is 0 Å². The van der Waals surface area contributed by atoms with E-state index in [2.05, 4.69) is 4.98 Å². The molecule has 0 unspecified atom stereocenters. The van der Waals surface area contributed by atoms with E-state index in [-0.39, 0.29) is 5.56 Å². The number of fused-ring (bicyclic) bond motifs is 1. The number of carboxylic acids is 1. The summed E-state index contributed by atoms with van der Waals surface area (Å²) in [7, 11) is 1.49. The zero-order chi connectivity index (χ0) is 16.4. The van der Waals surface area contributed by atoms with Crippen molar-refractivity contribution in [1.82, 2.24) is 4.98 Å². The lowest BCUT2D eigenvalue weighted by molar-refractivity contribution is 0.0692. The van der Waals surface area contributed by atoms with Gasteiger partial charge in [-0.25, -0.2) is 9.78 Å². The molecular formula is C18H14ClNO3. The van der Waals surface area contributed by atoms with Crippen molar-refractivity contribution < 1.29 is 14.6 Å². The maximum atomic E-state index is 11.8. The molecule has 0 fully saturated rings. The summed E-state index contributed by atoms with van der Waals surface area (Å²) in [4.78, 5) is 15.8. The third-order valence-corrected chi connectivity index (χ3v) is 3.91. The van der Waals surface area contributed by atoms with Gasteiger partial charge in [-0.1, -0.05) is 41.9 Å². The molecule has 1 N–H and O–H groups in total. The third-order valence-electron chi connectivity index (χ3n) is 3.68. The summed E-state index contributed by atoms with van der Waals surface area (Å²) < 4.78 is 5.40. The van der Waals surface area contributed by atoms with Gasteiger partial charge in [0.25, 0.3) is 0 Å². The second-order valence-corrected chi connectivity index (χ2v) is 5.52. The molecule has 23 heavy (non-hydrogen) atoms. The topological polar surface area (TPSA) is 59.4 Å². The molecule has 0 saturated carbocycles. The summed E-state index contributed by atoms with van der Waals surface area (Å²) >= 11 is 5.80. The molecule has 0 atom stereocenters. The highest BCUT2D eigenvalue weighted by Crippen LogP contribution is 2.33. The Morgan fingerprint density at radius 1 is 1.26 bits per heavy atom. The number of rotatable bonds is 4. The smallest absolute Gasteiger partial charge is 0.339 e. The number of methoxy groups -OCH3 is 1. The third kappa shape index (κ3) is 2.98. The Kier molecular flexibility index (Phi) is 4.17. The van der Waals surface area contributed by atoms with E-state index in [4.69, 9.17) is 16.3 Å². The summed E-state index contributed by atoms with van der Waals surface area (Å²) in [6.45, 7) is 0. The van der Waals surface area contributed by atoms with E-state index in [9.17, 15) is 9.90 Å². The monoisotopic (exact) mass is 327 g/mol. The average Bonchev–Trinajstić information content (AvgIpc) is 2.55. The van der Waals surface area contributed by atoms with Crippen LogP contribution in [-0.4, -0.2) is 23.2 Å². The first-order chi connectivity index (χ1) is 11.1. The minimum Gasteiger partial charge on any atom is -0.495 e. The molecule has 116 valence electrons. The number of aromatic nitrogens is 1. The second kappa shape index (κ2) is 6.26. The maximum absolute atomic E-state index is 11.8. The lowest BCUT2D eigenvalue weighted by atomic mass is 9.95. The molecule has 4 nitrogen and oxygen atoms in total. The minimum atomic E-state index is -1.01. The molecule has 0 aliphatic rings. The highest BCUT2D eigenvalue weighted by atomic mass is 35.5. The number of nitrogens with zero attached hydrogens (tertiary/aromatic N) is 1. The minimum absolute atomic E-state index is 0.182. The van der Waals surface area contributed by atoms with Gasteiger partial charge in [-0.15, -0.1) is 0 Å². The fourth-order valence-corrected chi connectivity index (χ4v) is 2.80. The van der Waals surface area contributed by atoms with Gasteiger partial charge in [-0.2, -0.15) is 0 Å². The van der Waals surface area contributed by atoms with Crippen molar-refractivity contribution in [1.29, 1.82) is 0 Å². The van der Waals surface area contributed by atoms with E-state index in [1.165, 1.54) is 7.11 Å². The highest BCUT2D eigenvalue weighted by molar-refractivity contribution is 6.29. The van der Waals surface area contributed by atoms with Gasteiger partial charge in [-0.05, 0) is 35.1 Å². The number of pyridine rings is 1. The Labute approximate surface area is 138 Å². The standard InChI is InChI=1S/C18H14ClNO3/c1-23-17-14-5-3-2-4-12(14)9-13(16(17)18(21)22)8-11-6-7-15(19)20-10-11/h2-7,9-10H,8H2,1H3,(H,21,22). The number of carboxylic acid groups (broad SMARTS) is 1. The lowest BCUT2D eigenvalue weighted by Gasteiger charge is -2.14. The van der Waals surface area contributed by atoms with E-state index in [1.807, 2.05) is 36.4 Å². The van der Waals surface area contributed by atoms with Gasteiger partial charge < -0.3 is 9.84 Å². The van der Waals surface area contributed by atoms with Crippen molar-refractivity contribution in [3.63, 3.8) is 0 Å². The molecule has 3 aromatic rings. The van der Waals surface area contributed by atoms with Crippen molar-refractivity contribution in [3.05, 3.63) is 70.5 Å². The fourth-order valence-electron chi connectivity index (χ4n) is 2.69. The number of benzene rings is 2. The molecule has 1 heterocycles. The van der Waals surface area contributed by atoms with Crippen molar-refractivity contribution in [2.45, 2.75) is 6.42 Å². The van der Waals surface area contributed by atoms with Gasteiger partial charge in [0.2, 0.25) is 0 Å². The summed E-state index contributed by atoms with van der Waals surface area (Å²) in [5.41, 5.74) is 1.74. The summed E-state index contributed by atoms with van der Waals surface area (Å²) in [5, 5.41) is 11.8. The number of hydrogen-bond acceptors (Lipinski definition) is 3. The molecule has 0 aliphatic heterocycles. The highest BCUT2D eigenvalue weighted by Gasteiger charge is 2.20. The summed E-state index contributed by atoms with van der Waals surface area (Å²) in [6.07, 6.45) is 2.09. The molecular weight excluding hydrogens is 314 g/mol. The predicted octanol–water partition coefficient (Wildman–Crippen LogP) is 4.19. The van der Waals surface area contributed by atoms with Crippen LogP contribution in [0.25, 0.3) is 10.8 Å². The van der Waals surface area contributed by atoms with Crippen LogP contribution >= 0.6 is 11.6 Å². The molecule has 0 radical (unpaired) electrons. The maximum Gasteiger partial charge on any atom is 0.339 e. The normalized spacial score (nSPS) is 10.7. The number of carbonyl (C=O) groups is 1. The van der Waals surface area contributed by atoms with E-state index >= 15 is 0 Å². The van der Waals surface area contributed by atoms with Gasteiger partial charge in [0, 0.05) is 11.6 Å². The zero-order valence-corrected chi connectivity index (χ0v) is 13.2. The Morgan fingerprint density at radius 3 is 2.70 bits per heavy atom. The van der Waals surface area contributed by atoms with Gasteiger partial charge in [0.1, 0.15) is 16.5 Å². The molecule has 0 spiro atoms. The van der Waals surface area contributed by atoms with Gasteiger partial charge in [0.05, 0.1) is 7.11 Å². The number of aromatic carboxylic acids is 1. The second-order valence-electron chi connectivity index (χ2n) is 5.14. The zero-order valence-electron chi connectivity index (χ0n) is 12.4. The molecule has 3 rings (SSSR count). The first-order valence-corrected chi connectivity index (χ1v) is 7.40. The predicted molar refractivity (Wildman–Crippen MR) is 89.5 cm³/mol. The van der Waals surface area contributed by atoms with Crippen LogP contribution in [0.15, 0.2) is 48.7 Å². The van der Waals surface area contributed by atoms with Crippen LogP contribution in [0.2, 0.25) is 5.15 Å². The Morgan fingerprint density at radius 2 is 2.04 bits per heavy atom. The molecule has 2 aromatic carbocycles. The Bertz CT molecular complexity index is 875. The molecule has 0 aliphatic carbocycles. The molecule has 1 aromatic heterocycles. The van der Waals surface area contributed by atoms with Crippen LogP contribution in [0.3, 0.4) is 0 Å². The molecule has 0 amide bonds. The van der Waals surface area contributed by atoms with Gasteiger partial charge in [-0.3, -0.25) is 0 Å². The van der Waals surface area contributed by atoms with Crippen LogP contribution in [-0.2, 0) is 6.42 Å². The van der Waals surface area contributed by atoms with Crippen molar-refractivity contribution in [3.8, 4) is 5.75 Å². The quantitative estimate of drug-likeness (QED) is 0.730. The van der Waals surface area contributed by atoms with Crippen LogP contribution in [0.4, 0.5) is 0 Å². The van der Waals surface area contributed by atoms with Crippen molar-refractivity contribution >= 4 is 28.3 Å². The largest absolute Gasteiger partial charge is 0.495 e.